The first-order valence-corrected chi connectivity index (χ1v) is 8.29. The third-order valence-corrected chi connectivity index (χ3v) is 4.23. The Hall–Kier alpha value is -2.39. The number of halogens is 4. The molecule has 0 bridgehead atoms. The zero-order valence-corrected chi connectivity index (χ0v) is 15.9. The van der Waals surface area contributed by atoms with Gasteiger partial charge in [-0.25, -0.2) is 14.2 Å². The van der Waals surface area contributed by atoms with Crippen molar-refractivity contribution in [2.45, 2.75) is 32.9 Å². The Balaban J connectivity index is 2.63. The molecule has 1 N–H and O–H groups in total. The summed E-state index contributed by atoms with van der Waals surface area (Å²) in [5.41, 5.74) is -2.96. The minimum absolute atomic E-state index is 0.0289. The van der Waals surface area contributed by atoms with Gasteiger partial charge >= 0.3 is 18.2 Å². The average molecular weight is 422 g/mol. The summed E-state index contributed by atoms with van der Waals surface area (Å²) in [7, 11) is 0. The van der Waals surface area contributed by atoms with Crippen LogP contribution in [0.3, 0.4) is 0 Å². The molecule has 0 fully saturated rings. The SMILES string of the molecule is CC=CC(C)(Oc1cc(-n2nc(C)n(C(F)F)c2=O)c(Cl)cc1Cl)C(=O)O. The highest BCUT2D eigenvalue weighted by atomic mass is 35.5. The number of benzene rings is 1. The number of ether oxygens (including phenoxy) is 1. The molecule has 0 saturated heterocycles. The summed E-state index contributed by atoms with van der Waals surface area (Å²) in [4.78, 5) is 23.7. The smallest absolute Gasteiger partial charge is 0.355 e. The molecule has 0 amide bonds. The van der Waals surface area contributed by atoms with E-state index in [2.05, 4.69) is 5.10 Å². The number of hydrogen-bond donors (Lipinski definition) is 1. The summed E-state index contributed by atoms with van der Waals surface area (Å²) in [6, 6.07) is 2.37. The van der Waals surface area contributed by atoms with Gasteiger partial charge in [0.2, 0.25) is 5.60 Å². The first-order valence-electron chi connectivity index (χ1n) is 7.53. The van der Waals surface area contributed by atoms with Gasteiger partial charge in [-0.15, -0.1) is 5.10 Å². The quantitative estimate of drug-likeness (QED) is 0.715. The van der Waals surface area contributed by atoms with E-state index in [1.165, 1.54) is 38.1 Å². The Morgan fingerprint density at radius 3 is 2.48 bits per heavy atom. The average Bonchev–Trinajstić information content (AvgIpc) is 2.84. The fraction of sp³-hybridized carbons (Fsp3) is 0.312. The van der Waals surface area contributed by atoms with Crippen LogP contribution in [0.4, 0.5) is 8.78 Å². The zero-order chi connectivity index (χ0) is 20.5. The maximum atomic E-state index is 13.0. The molecular weight excluding hydrogens is 407 g/mol. The minimum Gasteiger partial charge on any atom is -0.478 e. The van der Waals surface area contributed by atoms with Crippen LogP contribution in [-0.4, -0.2) is 31.0 Å². The third-order valence-electron chi connectivity index (χ3n) is 3.64. The van der Waals surface area contributed by atoms with Gasteiger partial charge in [-0.2, -0.15) is 13.5 Å². The first kappa shape index (κ1) is 20.9. The lowest BCUT2D eigenvalue weighted by Crippen LogP contribution is -2.39. The highest BCUT2D eigenvalue weighted by Gasteiger charge is 2.33. The Morgan fingerprint density at radius 1 is 1.37 bits per heavy atom. The second kappa shape index (κ2) is 7.69. The normalized spacial score (nSPS) is 13.9. The zero-order valence-electron chi connectivity index (χ0n) is 14.4. The van der Waals surface area contributed by atoms with Crippen LogP contribution in [0, 0.1) is 6.92 Å². The molecule has 1 heterocycles. The Bertz CT molecular complexity index is 971. The number of aliphatic carboxylic acids is 1. The summed E-state index contributed by atoms with van der Waals surface area (Å²) >= 11 is 12.1. The van der Waals surface area contributed by atoms with Crippen molar-refractivity contribution in [1.82, 2.24) is 14.3 Å². The number of hydrogen-bond acceptors (Lipinski definition) is 4. The number of allylic oxidation sites excluding steroid dienone is 1. The van der Waals surface area contributed by atoms with Crippen molar-refractivity contribution < 1.29 is 23.4 Å². The molecule has 27 heavy (non-hydrogen) atoms. The third kappa shape index (κ3) is 3.98. The summed E-state index contributed by atoms with van der Waals surface area (Å²) in [6.45, 7) is 1.05. The molecule has 0 radical (unpaired) electrons. The number of carboxylic acid groups (broad SMARTS) is 1. The van der Waals surface area contributed by atoms with E-state index in [0.717, 1.165) is 0 Å². The van der Waals surface area contributed by atoms with Gasteiger partial charge in [-0.3, -0.25) is 0 Å². The van der Waals surface area contributed by atoms with E-state index in [1.807, 2.05) is 0 Å². The van der Waals surface area contributed by atoms with Crippen molar-refractivity contribution in [3.05, 3.63) is 50.6 Å². The monoisotopic (exact) mass is 421 g/mol. The van der Waals surface area contributed by atoms with Crippen LogP contribution < -0.4 is 10.4 Å². The fourth-order valence-electron chi connectivity index (χ4n) is 2.31. The van der Waals surface area contributed by atoms with Gasteiger partial charge in [0.05, 0.1) is 15.7 Å². The number of carboxylic acids is 1. The number of aryl methyl sites for hydroxylation is 1. The van der Waals surface area contributed by atoms with Crippen LogP contribution in [0.15, 0.2) is 29.1 Å². The Kier molecular flexibility index (Phi) is 5.96. The molecule has 1 atom stereocenters. The van der Waals surface area contributed by atoms with Crippen molar-refractivity contribution in [2.24, 2.45) is 0 Å². The number of rotatable bonds is 6. The highest BCUT2D eigenvalue weighted by Crippen LogP contribution is 2.35. The van der Waals surface area contributed by atoms with Gasteiger partial charge in [0.1, 0.15) is 11.6 Å². The van der Waals surface area contributed by atoms with Gasteiger partial charge < -0.3 is 9.84 Å². The molecule has 1 unspecified atom stereocenters. The van der Waals surface area contributed by atoms with E-state index in [-0.39, 0.29) is 31.9 Å². The predicted molar refractivity (Wildman–Crippen MR) is 95.3 cm³/mol. The van der Waals surface area contributed by atoms with Gasteiger partial charge in [-0.1, -0.05) is 29.3 Å². The molecule has 146 valence electrons. The van der Waals surface area contributed by atoms with Gasteiger partial charge in [0, 0.05) is 6.07 Å². The predicted octanol–water partition coefficient (Wildman–Crippen LogP) is 3.84. The molecule has 2 rings (SSSR count). The van der Waals surface area contributed by atoms with Crippen molar-refractivity contribution in [2.75, 3.05) is 0 Å². The molecule has 7 nitrogen and oxygen atoms in total. The van der Waals surface area contributed by atoms with Crippen molar-refractivity contribution >= 4 is 29.2 Å². The van der Waals surface area contributed by atoms with Crippen molar-refractivity contribution in [1.29, 1.82) is 0 Å². The van der Waals surface area contributed by atoms with Gasteiger partial charge in [0.15, 0.2) is 0 Å². The number of carbonyl (C=O) groups is 1. The molecule has 0 aliphatic rings. The standard InChI is InChI=1S/C16H15Cl2F2N3O4/c1-4-5-16(3,13(24)25)27-12-7-11(9(17)6-10(12)18)23-15(26)22(14(19)20)8(2)21-23/h4-7,14H,1-3H3,(H,24,25). The maximum absolute atomic E-state index is 13.0. The van der Waals surface area contributed by atoms with Crippen LogP contribution in [0.5, 0.6) is 5.75 Å². The maximum Gasteiger partial charge on any atom is 0.355 e. The first-order chi connectivity index (χ1) is 12.5. The number of alkyl halides is 2. The fourth-order valence-corrected chi connectivity index (χ4v) is 2.81. The number of aromatic nitrogens is 3. The molecule has 0 aliphatic carbocycles. The summed E-state index contributed by atoms with van der Waals surface area (Å²) < 4.78 is 32.4. The second-order valence-corrected chi connectivity index (χ2v) is 6.45. The minimum atomic E-state index is -3.09. The molecule has 1 aromatic carbocycles. The van der Waals surface area contributed by atoms with E-state index < -0.39 is 23.8 Å². The van der Waals surface area contributed by atoms with Crippen LogP contribution >= 0.6 is 23.2 Å². The van der Waals surface area contributed by atoms with Crippen LogP contribution in [0.1, 0.15) is 26.2 Å². The second-order valence-electron chi connectivity index (χ2n) is 5.64. The molecule has 0 saturated carbocycles. The topological polar surface area (TPSA) is 86.4 Å². The van der Waals surface area contributed by atoms with Gasteiger partial charge in [0.25, 0.3) is 0 Å². The van der Waals surface area contributed by atoms with Crippen molar-refractivity contribution in [3.63, 3.8) is 0 Å². The van der Waals surface area contributed by atoms with E-state index in [1.54, 1.807) is 6.92 Å². The molecule has 0 spiro atoms. The summed E-state index contributed by atoms with van der Waals surface area (Å²) in [5, 5.41) is 13.1. The number of nitrogens with zero attached hydrogens (tertiary/aromatic N) is 3. The molecule has 1 aromatic heterocycles. The lowest BCUT2D eigenvalue weighted by Gasteiger charge is -2.24. The molecule has 2 aromatic rings. The van der Waals surface area contributed by atoms with Crippen LogP contribution in [0.2, 0.25) is 10.0 Å². The molecule has 11 heteroatoms. The lowest BCUT2D eigenvalue weighted by molar-refractivity contribution is -0.149. The summed E-state index contributed by atoms with van der Waals surface area (Å²) in [5.74, 6) is -1.63. The van der Waals surface area contributed by atoms with Crippen LogP contribution in [-0.2, 0) is 4.79 Å². The Labute approximate surface area is 162 Å². The van der Waals surface area contributed by atoms with E-state index >= 15 is 0 Å². The van der Waals surface area contributed by atoms with Crippen LogP contribution in [0.25, 0.3) is 5.69 Å². The summed E-state index contributed by atoms with van der Waals surface area (Å²) in [6.07, 6.45) is 2.78. The largest absolute Gasteiger partial charge is 0.478 e. The van der Waals surface area contributed by atoms with Gasteiger partial charge in [-0.05, 0) is 32.9 Å². The van der Waals surface area contributed by atoms with E-state index in [0.29, 0.717) is 4.68 Å². The molecule has 0 aliphatic heterocycles. The van der Waals surface area contributed by atoms with Crippen molar-refractivity contribution in [3.8, 4) is 11.4 Å². The van der Waals surface area contributed by atoms with E-state index in [4.69, 9.17) is 27.9 Å². The van der Waals surface area contributed by atoms with E-state index in [9.17, 15) is 23.5 Å². The highest BCUT2D eigenvalue weighted by molar-refractivity contribution is 6.36. The lowest BCUT2D eigenvalue weighted by atomic mass is 10.1. The molecular formula is C16H15Cl2F2N3O4. The Morgan fingerprint density at radius 2 is 2.00 bits per heavy atom.